The fourth-order valence-corrected chi connectivity index (χ4v) is 2.55. The van der Waals surface area contributed by atoms with E-state index in [-0.39, 0.29) is 6.42 Å². The van der Waals surface area contributed by atoms with Crippen molar-refractivity contribution in [3.8, 4) is 5.75 Å². The minimum absolute atomic E-state index is 0.0687. The van der Waals surface area contributed by atoms with Crippen molar-refractivity contribution >= 4 is 21.9 Å². The van der Waals surface area contributed by atoms with Gasteiger partial charge in [-0.15, -0.1) is 0 Å². The summed E-state index contributed by atoms with van der Waals surface area (Å²) in [7, 11) is 1.61. The number of hydrogen-bond donors (Lipinski definition) is 1. The van der Waals surface area contributed by atoms with Crippen LogP contribution in [0, 0.1) is 6.92 Å². The zero-order valence-electron chi connectivity index (χ0n) is 10.5. The third kappa shape index (κ3) is 3.22. The Morgan fingerprint density at radius 1 is 1.47 bits per heavy atom. The summed E-state index contributed by atoms with van der Waals surface area (Å²) in [4.78, 5) is 10.9. The molecule has 0 atom stereocenters. The van der Waals surface area contributed by atoms with Gasteiger partial charge in [-0.2, -0.15) is 0 Å². The van der Waals surface area contributed by atoms with Crippen molar-refractivity contribution in [2.75, 3.05) is 7.11 Å². The van der Waals surface area contributed by atoms with Gasteiger partial charge in [0.1, 0.15) is 5.75 Å². The Labute approximate surface area is 110 Å². The molecule has 0 radical (unpaired) electrons. The van der Waals surface area contributed by atoms with Crippen molar-refractivity contribution in [2.24, 2.45) is 0 Å². The van der Waals surface area contributed by atoms with E-state index in [4.69, 9.17) is 9.84 Å². The minimum Gasteiger partial charge on any atom is -0.496 e. The molecule has 4 heteroatoms. The molecule has 1 N–H and O–H groups in total. The summed E-state index contributed by atoms with van der Waals surface area (Å²) in [6.07, 6.45) is 0.0687. The van der Waals surface area contributed by atoms with E-state index in [2.05, 4.69) is 15.9 Å². The smallest absolute Gasteiger partial charge is 0.304 e. The van der Waals surface area contributed by atoms with Crippen molar-refractivity contribution in [1.82, 2.24) is 0 Å². The molecule has 17 heavy (non-hydrogen) atoms. The first-order valence-electron chi connectivity index (χ1n) is 5.34. The maximum atomic E-state index is 10.9. The second-order valence-corrected chi connectivity index (χ2v) is 5.67. The Balaban J connectivity index is 3.33. The number of ether oxygens (including phenoxy) is 1. The third-order valence-corrected chi connectivity index (χ3v) is 3.22. The van der Waals surface area contributed by atoms with E-state index in [1.165, 1.54) is 0 Å². The van der Waals surface area contributed by atoms with Crippen LogP contribution in [0.4, 0.5) is 0 Å². The summed E-state index contributed by atoms with van der Waals surface area (Å²) in [5.74, 6) is -0.0471. The Bertz CT molecular complexity index is 439. The van der Waals surface area contributed by atoms with E-state index >= 15 is 0 Å². The van der Waals surface area contributed by atoms with Gasteiger partial charge in [-0.05, 0) is 24.6 Å². The molecule has 1 rings (SSSR count). The zero-order chi connectivity index (χ0) is 13.2. The van der Waals surface area contributed by atoms with E-state index in [1.807, 2.05) is 32.9 Å². The number of carboxylic acids is 1. The fourth-order valence-electron chi connectivity index (χ4n) is 1.98. The van der Waals surface area contributed by atoms with Gasteiger partial charge in [-0.25, -0.2) is 0 Å². The average molecular weight is 301 g/mol. The molecule has 3 nitrogen and oxygen atoms in total. The van der Waals surface area contributed by atoms with Gasteiger partial charge in [0, 0.05) is 15.5 Å². The van der Waals surface area contributed by atoms with Crippen LogP contribution >= 0.6 is 15.9 Å². The van der Waals surface area contributed by atoms with Crippen LogP contribution in [0.15, 0.2) is 16.6 Å². The standard InChI is InChI=1S/C13H17BrO3/c1-8-5-9(14)6-10(12(8)17-4)13(2,3)7-11(15)16/h5-6H,7H2,1-4H3,(H,15,16). The first-order valence-corrected chi connectivity index (χ1v) is 6.13. The number of benzene rings is 1. The van der Waals surface area contributed by atoms with Crippen LogP contribution in [0.1, 0.15) is 31.4 Å². The van der Waals surface area contributed by atoms with Gasteiger partial charge in [-0.1, -0.05) is 29.8 Å². The lowest BCUT2D eigenvalue weighted by atomic mass is 9.80. The first-order chi connectivity index (χ1) is 7.77. The SMILES string of the molecule is COc1c(C)cc(Br)cc1C(C)(C)CC(=O)O. The molecule has 0 aromatic heterocycles. The van der Waals surface area contributed by atoms with Gasteiger partial charge in [0.25, 0.3) is 0 Å². The second kappa shape index (κ2) is 5.08. The zero-order valence-corrected chi connectivity index (χ0v) is 12.1. The summed E-state index contributed by atoms with van der Waals surface area (Å²) in [5.41, 5.74) is 1.44. The second-order valence-electron chi connectivity index (χ2n) is 4.76. The molecule has 0 amide bonds. The summed E-state index contributed by atoms with van der Waals surface area (Å²) >= 11 is 3.43. The van der Waals surface area contributed by atoms with Crippen LogP contribution in [0.25, 0.3) is 0 Å². The van der Waals surface area contributed by atoms with E-state index in [0.717, 1.165) is 21.3 Å². The highest BCUT2D eigenvalue weighted by atomic mass is 79.9. The molecule has 0 heterocycles. The Morgan fingerprint density at radius 3 is 2.53 bits per heavy atom. The topological polar surface area (TPSA) is 46.5 Å². The molecule has 0 fully saturated rings. The van der Waals surface area contributed by atoms with E-state index in [9.17, 15) is 4.79 Å². The first kappa shape index (κ1) is 14.0. The highest BCUT2D eigenvalue weighted by molar-refractivity contribution is 9.10. The van der Waals surface area contributed by atoms with Crippen molar-refractivity contribution in [1.29, 1.82) is 0 Å². The van der Waals surface area contributed by atoms with Gasteiger partial charge in [0.05, 0.1) is 13.5 Å². The van der Waals surface area contributed by atoms with Crippen LogP contribution in [0.2, 0.25) is 0 Å². The maximum absolute atomic E-state index is 10.9. The number of methoxy groups -OCH3 is 1. The molecule has 0 bridgehead atoms. The predicted octanol–water partition coefficient (Wildman–Crippen LogP) is 3.52. The molecule has 0 saturated carbocycles. The molecule has 1 aromatic carbocycles. The van der Waals surface area contributed by atoms with E-state index < -0.39 is 11.4 Å². The molecule has 0 aliphatic carbocycles. The molecule has 0 unspecified atom stereocenters. The number of halogens is 1. The largest absolute Gasteiger partial charge is 0.496 e. The number of carboxylic acid groups (broad SMARTS) is 1. The van der Waals surface area contributed by atoms with Crippen LogP contribution in [-0.2, 0) is 10.2 Å². The molecule has 0 aliphatic heterocycles. The normalized spacial score (nSPS) is 11.4. The average Bonchev–Trinajstić information content (AvgIpc) is 2.14. The number of aliphatic carboxylic acids is 1. The molecular weight excluding hydrogens is 284 g/mol. The summed E-state index contributed by atoms with van der Waals surface area (Å²) < 4.78 is 6.32. The molecule has 94 valence electrons. The fraction of sp³-hybridized carbons (Fsp3) is 0.462. The molecule has 1 aromatic rings. The predicted molar refractivity (Wildman–Crippen MR) is 70.7 cm³/mol. The maximum Gasteiger partial charge on any atom is 0.304 e. The summed E-state index contributed by atoms with van der Waals surface area (Å²) in [5, 5.41) is 8.96. The van der Waals surface area contributed by atoms with Gasteiger partial charge < -0.3 is 9.84 Å². The monoisotopic (exact) mass is 300 g/mol. The number of aryl methyl sites for hydroxylation is 1. The Kier molecular flexibility index (Phi) is 4.20. The molecule has 0 saturated heterocycles. The Morgan fingerprint density at radius 2 is 2.06 bits per heavy atom. The van der Waals surface area contributed by atoms with Crippen molar-refractivity contribution in [3.05, 3.63) is 27.7 Å². The lowest BCUT2D eigenvalue weighted by Gasteiger charge is -2.26. The van der Waals surface area contributed by atoms with Gasteiger partial charge >= 0.3 is 5.97 Å². The summed E-state index contributed by atoms with van der Waals surface area (Å²) in [6, 6.07) is 3.88. The van der Waals surface area contributed by atoms with Gasteiger partial charge in [0.15, 0.2) is 0 Å². The summed E-state index contributed by atoms with van der Waals surface area (Å²) in [6.45, 7) is 5.76. The van der Waals surface area contributed by atoms with Gasteiger partial charge in [-0.3, -0.25) is 4.79 Å². The molecule has 0 aliphatic rings. The highest BCUT2D eigenvalue weighted by Gasteiger charge is 2.28. The van der Waals surface area contributed by atoms with E-state index in [1.54, 1.807) is 7.11 Å². The van der Waals surface area contributed by atoms with Crippen molar-refractivity contribution in [3.63, 3.8) is 0 Å². The van der Waals surface area contributed by atoms with Crippen LogP contribution in [0.3, 0.4) is 0 Å². The third-order valence-electron chi connectivity index (χ3n) is 2.77. The molecule has 0 spiro atoms. The lowest BCUT2D eigenvalue weighted by molar-refractivity contribution is -0.138. The van der Waals surface area contributed by atoms with Crippen molar-refractivity contribution < 1.29 is 14.6 Å². The van der Waals surface area contributed by atoms with Gasteiger partial charge in [0.2, 0.25) is 0 Å². The molecular formula is C13H17BrO3. The lowest BCUT2D eigenvalue weighted by Crippen LogP contribution is -2.22. The quantitative estimate of drug-likeness (QED) is 0.925. The minimum atomic E-state index is -0.810. The van der Waals surface area contributed by atoms with Crippen LogP contribution in [-0.4, -0.2) is 18.2 Å². The van der Waals surface area contributed by atoms with Crippen molar-refractivity contribution in [2.45, 2.75) is 32.6 Å². The van der Waals surface area contributed by atoms with E-state index in [0.29, 0.717) is 0 Å². The number of carbonyl (C=O) groups is 1. The Hall–Kier alpha value is -1.03. The number of hydrogen-bond acceptors (Lipinski definition) is 2. The highest BCUT2D eigenvalue weighted by Crippen LogP contribution is 2.38. The van der Waals surface area contributed by atoms with Crippen LogP contribution < -0.4 is 4.74 Å². The number of rotatable bonds is 4. The van der Waals surface area contributed by atoms with Crippen LogP contribution in [0.5, 0.6) is 5.75 Å².